The maximum absolute atomic E-state index is 12.3. The van der Waals surface area contributed by atoms with E-state index in [-0.39, 0.29) is 5.91 Å². The van der Waals surface area contributed by atoms with Gasteiger partial charge in [-0.1, -0.05) is 0 Å². The average molecular weight is 320 g/mol. The third-order valence-corrected chi connectivity index (χ3v) is 3.76. The van der Waals surface area contributed by atoms with Crippen molar-refractivity contribution in [1.82, 2.24) is 28.9 Å². The van der Waals surface area contributed by atoms with E-state index in [2.05, 4.69) is 26.6 Å². The summed E-state index contributed by atoms with van der Waals surface area (Å²) in [5.41, 5.74) is 3.69. The van der Waals surface area contributed by atoms with E-state index < -0.39 is 0 Å². The number of fused-ring (bicyclic) bond motifs is 1. The molecular weight excluding hydrogens is 306 g/mol. The topological polar surface area (TPSA) is 82.0 Å². The van der Waals surface area contributed by atoms with Crippen LogP contribution in [0, 0.1) is 6.07 Å². The van der Waals surface area contributed by atoms with Gasteiger partial charge in [0.05, 0.1) is 36.1 Å². The van der Waals surface area contributed by atoms with Crippen LogP contribution in [0.1, 0.15) is 10.5 Å². The molecule has 0 atom stereocenters. The first kappa shape index (κ1) is 14.2. The lowest BCUT2D eigenvalue weighted by Crippen LogP contribution is -2.15. The third kappa shape index (κ3) is 2.34. The summed E-state index contributed by atoms with van der Waals surface area (Å²) >= 11 is 0. The molecule has 0 saturated heterocycles. The molecular formula is C16H14N7O. The molecule has 0 aliphatic rings. The number of carbonyl (C=O) groups is 1. The first-order valence-electron chi connectivity index (χ1n) is 7.27. The number of rotatable bonds is 3. The number of carbonyl (C=O) groups excluding carboxylic acids is 1. The molecule has 4 heterocycles. The van der Waals surface area contributed by atoms with Crippen molar-refractivity contribution in [2.24, 2.45) is 14.1 Å². The maximum Gasteiger partial charge on any atom is 0.274 e. The fourth-order valence-electron chi connectivity index (χ4n) is 2.50. The number of hydrogen-bond donors (Lipinski definition) is 1. The highest BCUT2D eigenvalue weighted by Gasteiger charge is 2.13. The minimum atomic E-state index is -0.241. The number of nitrogens with zero attached hydrogens (tertiary/aromatic N) is 6. The number of aryl methyl sites for hydroxylation is 2. The molecule has 1 amide bonds. The number of hydrogen-bond acceptors (Lipinski definition) is 4. The summed E-state index contributed by atoms with van der Waals surface area (Å²) in [5, 5.41) is 11.3. The summed E-state index contributed by atoms with van der Waals surface area (Å²) in [7, 11) is 3.63. The lowest BCUT2D eigenvalue weighted by Gasteiger charge is -2.04. The van der Waals surface area contributed by atoms with Crippen molar-refractivity contribution in [3.63, 3.8) is 0 Å². The molecule has 4 aromatic rings. The molecule has 0 aliphatic heterocycles. The highest BCUT2D eigenvalue weighted by atomic mass is 16.2. The molecule has 0 fully saturated rings. The zero-order valence-corrected chi connectivity index (χ0v) is 13.1. The van der Waals surface area contributed by atoms with E-state index in [4.69, 9.17) is 0 Å². The quantitative estimate of drug-likeness (QED) is 0.620. The van der Waals surface area contributed by atoms with Gasteiger partial charge in [-0.25, -0.2) is 9.50 Å². The normalized spacial score (nSPS) is 11.1. The minimum Gasteiger partial charge on any atom is -0.330 e. The second kappa shape index (κ2) is 5.34. The van der Waals surface area contributed by atoms with Crippen molar-refractivity contribution in [1.29, 1.82) is 0 Å². The van der Waals surface area contributed by atoms with Gasteiger partial charge in [0.25, 0.3) is 5.91 Å². The van der Waals surface area contributed by atoms with Gasteiger partial charge in [-0.15, -0.1) is 0 Å². The Morgan fingerprint density at radius 3 is 2.71 bits per heavy atom. The zero-order valence-electron chi connectivity index (χ0n) is 13.1. The summed E-state index contributed by atoms with van der Waals surface area (Å²) in [5.74, 6) is -0.241. The van der Waals surface area contributed by atoms with Gasteiger partial charge in [0.1, 0.15) is 5.69 Å². The predicted molar refractivity (Wildman–Crippen MR) is 87.4 cm³/mol. The Morgan fingerprint density at radius 1 is 1.12 bits per heavy atom. The first-order chi connectivity index (χ1) is 11.6. The van der Waals surface area contributed by atoms with Crippen LogP contribution in [0.2, 0.25) is 0 Å². The van der Waals surface area contributed by atoms with Gasteiger partial charge in [-0.05, 0) is 6.07 Å². The summed E-state index contributed by atoms with van der Waals surface area (Å²) in [6.45, 7) is 0. The van der Waals surface area contributed by atoms with E-state index in [0.29, 0.717) is 16.9 Å². The van der Waals surface area contributed by atoms with Crippen LogP contribution in [-0.4, -0.2) is 34.9 Å². The van der Waals surface area contributed by atoms with Crippen molar-refractivity contribution < 1.29 is 4.79 Å². The molecule has 119 valence electrons. The molecule has 0 unspecified atom stereocenters. The predicted octanol–water partition coefficient (Wildman–Crippen LogP) is 1.52. The molecule has 0 spiro atoms. The molecule has 1 N–H and O–H groups in total. The van der Waals surface area contributed by atoms with Gasteiger partial charge in [0.2, 0.25) is 0 Å². The molecule has 8 heteroatoms. The van der Waals surface area contributed by atoms with Crippen LogP contribution in [-0.2, 0) is 14.1 Å². The summed E-state index contributed by atoms with van der Waals surface area (Å²) in [6, 6.07) is 5.02. The van der Waals surface area contributed by atoms with E-state index in [9.17, 15) is 4.79 Å². The number of aromatic nitrogens is 6. The molecule has 0 bridgehead atoms. The first-order valence-corrected chi connectivity index (χ1v) is 7.27. The maximum atomic E-state index is 12.3. The van der Waals surface area contributed by atoms with Gasteiger partial charge >= 0.3 is 0 Å². The molecule has 0 saturated carbocycles. The van der Waals surface area contributed by atoms with Crippen LogP contribution in [0.3, 0.4) is 0 Å². The van der Waals surface area contributed by atoms with Crippen molar-refractivity contribution in [3.8, 4) is 11.1 Å². The summed E-state index contributed by atoms with van der Waals surface area (Å²) in [4.78, 5) is 16.2. The lowest BCUT2D eigenvalue weighted by atomic mass is 10.1. The minimum absolute atomic E-state index is 0.241. The number of pyridine rings is 1. The highest BCUT2D eigenvalue weighted by Crippen LogP contribution is 2.22. The Balaban J connectivity index is 1.66. The van der Waals surface area contributed by atoms with Crippen LogP contribution in [0.25, 0.3) is 16.6 Å². The van der Waals surface area contributed by atoms with Crippen LogP contribution in [0.4, 0.5) is 5.69 Å². The molecule has 0 aliphatic carbocycles. The van der Waals surface area contributed by atoms with E-state index in [1.165, 1.54) is 6.20 Å². The SMILES string of the molecule is Cn1cc(-c2c[c]c3c(NC(=O)c4cncn4C)cnn3c2)cn1. The number of nitrogens with one attached hydrogen (secondary N) is 1. The monoisotopic (exact) mass is 320 g/mol. The Morgan fingerprint density at radius 2 is 2.00 bits per heavy atom. The van der Waals surface area contributed by atoms with E-state index in [1.807, 2.05) is 25.5 Å². The number of anilines is 1. The Bertz CT molecular complexity index is 1040. The van der Waals surface area contributed by atoms with Crippen LogP contribution in [0.5, 0.6) is 0 Å². The summed E-state index contributed by atoms with van der Waals surface area (Å²) in [6.07, 6.45) is 10.3. The standard InChI is InChI=1S/C16H14N7O/c1-21-10-17-7-15(21)16(24)20-13-6-19-23-9-11(3-4-14(13)23)12-5-18-22(2)8-12/h3,5-10H,1-2H3,(H,20,24). The van der Waals surface area contributed by atoms with Gasteiger partial charge < -0.3 is 9.88 Å². The van der Waals surface area contributed by atoms with E-state index in [0.717, 1.165) is 11.1 Å². The fourth-order valence-corrected chi connectivity index (χ4v) is 2.50. The van der Waals surface area contributed by atoms with Crippen molar-refractivity contribution in [3.05, 3.63) is 55.1 Å². The number of amides is 1. The van der Waals surface area contributed by atoms with Gasteiger partial charge in [0, 0.05) is 43.7 Å². The Labute approximate surface area is 137 Å². The second-order valence-electron chi connectivity index (χ2n) is 5.47. The number of imidazole rings is 1. The van der Waals surface area contributed by atoms with Crippen LogP contribution < -0.4 is 5.32 Å². The van der Waals surface area contributed by atoms with Crippen molar-refractivity contribution in [2.45, 2.75) is 0 Å². The fraction of sp³-hybridized carbons (Fsp3) is 0.125. The summed E-state index contributed by atoms with van der Waals surface area (Å²) < 4.78 is 5.08. The van der Waals surface area contributed by atoms with Crippen molar-refractivity contribution >= 4 is 17.1 Å². The van der Waals surface area contributed by atoms with E-state index in [1.54, 1.807) is 39.5 Å². The third-order valence-electron chi connectivity index (χ3n) is 3.76. The highest BCUT2D eigenvalue weighted by molar-refractivity contribution is 6.05. The lowest BCUT2D eigenvalue weighted by molar-refractivity contribution is 0.101. The zero-order chi connectivity index (χ0) is 16.7. The average Bonchev–Trinajstić information content (AvgIpc) is 3.27. The van der Waals surface area contributed by atoms with Crippen molar-refractivity contribution in [2.75, 3.05) is 5.32 Å². The van der Waals surface area contributed by atoms with Gasteiger partial charge in [0.15, 0.2) is 0 Å². The second-order valence-corrected chi connectivity index (χ2v) is 5.47. The van der Waals surface area contributed by atoms with Crippen LogP contribution in [0.15, 0.2) is 43.4 Å². The molecule has 24 heavy (non-hydrogen) atoms. The largest absolute Gasteiger partial charge is 0.330 e. The van der Waals surface area contributed by atoms with Crippen LogP contribution >= 0.6 is 0 Å². The van der Waals surface area contributed by atoms with E-state index >= 15 is 0 Å². The van der Waals surface area contributed by atoms with Gasteiger partial charge in [-0.3, -0.25) is 9.48 Å². The Kier molecular flexibility index (Phi) is 3.16. The Hall–Kier alpha value is -3.42. The molecule has 1 radical (unpaired) electrons. The molecule has 4 aromatic heterocycles. The molecule has 0 aromatic carbocycles. The molecule has 4 rings (SSSR count). The van der Waals surface area contributed by atoms with Gasteiger partial charge in [-0.2, -0.15) is 10.2 Å². The molecule has 8 nitrogen and oxygen atoms in total. The smallest absolute Gasteiger partial charge is 0.274 e.